The van der Waals surface area contributed by atoms with E-state index in [2.05, 4.69) is 43.7 Å². The molecule has 0 saturated heterocycles. The molecule has 0 aliphatic rings. The Morgan fingerprint density at radius 2 is 1.42 bits per heavy atom. The normalized spacial score (nSPS) is 9.37. The Kier molecular flexibility index (Phi) is 4.78. The molecule has 0 heterocycles. The van der Waals surface area contributed by atoms with E-state index in [1.807, 2.05) is 24.3 Å². The summed E-state index contributed by atoms with van der Waals surface area (Å²) in [6.45, 7) is 0. The molecule has 0 aromatic heterocycles. The predicted molar refractivity (Wildman–Crippen MR) is 80.8 cm³/mol. The van der Waals surface area contributed by atoms with Crippen LogP contribution in [-0.2, 0) is 4.79 Å². The molecular weight excluding hydrogens is 372 g/mol. The maximum Gasteiger partial charge on any atom is 0.390 e. The minimum absolute atomic E-state index is 0.471. The molecule has 0 radical (unpaired) electrons. The summed E-state index contributed by atoms with van der Waals surface area (Å²) in [5.74, 6) is 5.08. The summed E-state index contributed by atoms with van der Waals surface area (Å²) >= 11 is 6.64. The summed E-state index contributed by atoms with van der Waals surface area (Å²) in [6, 6.07) is 14.4. The predicted octanol–water partition coefficient (Wildman–Crippen LogP) is 4.17. The molecule has 2 nitrogen and oxygen atoms in total. The maximum absolute atomic E-state index is 11.5. The number of esters is 1. The molecule has 2 rings (SSSR count). The summed E-state index contributed by atoms with van der Waals surface area (Å²) in [4.78, 5) is 11.5. The van der Waals surface area contributed by atoms with E-state index in [9.17, 15) is 4.79 Å². The van der Waals surface area contributed by atoms with Gasteiger partial charge in [0.15, 0.2) is 0 Å². The number of carbonyl (C=O) groups excluding carboxylic acids is 1. The van der Waals surface area contributed by atoms with Crippen LogP contribution in [0.15, 0.2) is 57.5 Å². The second-order valence-electron chi connectivity index (χ2n) is 3.60. The molecule has 0 atom stereocenters. The van der Waals surface area contributed by atoms with E-state index >= 15 is 0 Å². The van der Waals surface area contributed by atoms with Crippen LogP contribution in [0.2, 0.25) is 0 Å². The van der Waals surface area contributed by atoms with Crippen molar-refractivity contribution in [1.82, 2.24) is 0 Å². The van der Waals surface area contributed by atoms with E-state index < -0.39 is 5.97 Å². The first-order valence-corrected chi connectivity index (χ1v) is 6.97. The van der Waals surface area contributed by atoms with Crippen molar-refractivity contribution >= 4 is 37.8 Å². The van der Waals surface area contributed by atoms with Gasteiger partial charge in [0.05, 0.1) is 0 Å². The highest BCUT2D eigenvalue weighted by Crippen LogP contribution is 2.16. The van der Waals surface area contributed by atoms with E-state index in [-0.39, 0.29) is 0 Å². The summed E-state index contributed by atoms with van der Waals surface area (Å²) in [5, 5.41) is 0. The van der Waals surface area contributed by atoms with Gasteiger partial charge in [-0.2, -0.15) is 0 Å². The second kappa shape index (κ2) is 6.55. The van der Waals surface area contributed by atoms with Crippen LogP contribution in [0, 0.1) is 11.8 Å². The molecule has 4 heteroatoms. The van der Waals surface area contributed by atoms with Crippen LogP contribution in [0.3, 0.4) is 0 Å². The fourth-order valence-corrected chi connectivity index (χ4v) is 1.82. The molecule has 19 heavy (non-hydrogen) atoms. The largest absolute Gasteiger partial charge is 0.417 e. The van der Waals surface area contributed by atoms with Crippen molar-refractivity contribution in [3.05, 3.63) is 63.0 Å². The molecule has 2 aromatic carbocycles. The fourth-order valence-electron chi connectivity index (χ4n) is 1.29. The molecular formula is C15H8Br2O2. The maximum atomic E-state index is 11.5. The number of benzene rings is 2. The van der Waals surface area contributed by atoms with Crippen molar-refractivity contribution < 1.29 is 9.53 Å². The highest BCUT2D eigenvalue weighted by molar-refractivity contribution is 9.10. The third kappa shape index (κ3) is 4.55. The van der Waals surface area contributed by atoms with E-state index in [1.165, 1.54) is 0 Å². The monoisotopic (exact) mass is 378 g/mol. The lowest BCUT2D eigenvalue weighted by Crippen LogP contribution is -2.04. The molecule has 2 aromatic rings. The fraction of sp³-hybridized carbons (Fsp3) is 0. The highest BCUT2D eigenvalue weighted by atomic mass is 79.9. The van der Waals surface area contributed by atoms with Gasteiger partial charge in [-0.15, -0.1) is 0 Å². The Morgan fingerprint density at radius 1 is 0.895 bits per heavy atom. The zero-order valence-corrected chi connectivity index (χ0v) is 12.9. The zero-order valence-electron chi connectivity index (χ0n) is 9.69. The third-order valence-corrected chi connectivity index (χ3v) is 3.23. The lowest BCUT2D eigenvalue weighted by Gasteiger charge is -1.99. The molecule has 0 aliphatic carbocycles. The van der Waals surface area contributed by atoms with E-state index in [0.29, 0.717) is 5.75 Å². The van der Waals surface area contributed by atoms with Gasteiger partial charge >= 0.3 is 5.97 Å². The van der Waals surface area contributed by atoms with Crippen LogP contribution < -0.4 is 4.74 Å². The standard InChI is InChI=1S/C15H8Br2O2/c16-12-4-1-11(2-5-12)3-10-15(18)19-14-8-6-13(17)7-9-14/h1-2,4-9H. The summed E-state index contributed by atoms with van der Waals surface area (Å²) in [5.41, 5.74) is 0.760. The second-order valence-corrected chi connectivity index (χ2v) is 5.43. The van der Waals surface area contributed by atoms with Crippen molar-refractivity contribution in [2.75, 3.05) is 0 Å². The van der Waals surface area contributed by atoms with Crippen LogP contribution >= 0.6 is 31.9 Å². The van der Waals surface area contributed by atoms with Crippen molar-refractivity contribution in [1.29, 1.82) is 0 Å². The Morgan fingerprint density at radius 3 is 2.00 bits per heavy atom. The number of carbonyl (C=O) groups is 1. The van der Waals surface area contributed by atoms with Crippen LogP contribution in [0.1, 0.15) is 5.56 Å². The van der Waals surface area contributed by atoms with Gasteiger partial charge in [0, 0.05) is 20.4 Å². The van der Waals surface area contributed by atoms with Crippen LogP contribution in [-0.4, -0.2) is 5.97 Å². The molecule has 0 saturated carbocycles. The van der Waals surface area contributed by atoms with Gasteiger partial charge in [-0.25, -0.2) is 4.79 Å². The lowest BCUT2D eigenvalue weighted by molar-refractivity contribution is -0.128. The first-order valence-electron chi connectivity index (χ1n) is 5.38. The van der Waals surface area contributed by atoms with Gasteiger partial charge < -0.3 is 4.74 Å². The first-order chi connectivity index (χ1) is 9.13. The third-order valence-electron chi connectivity index (χ3n) is 2.18. The van der Waals surface area contributed by atoms with Gasteiger partial charge in [0.1, 0.15) is 5.75 Å². The number of halogens is 2. The van der Waals surface area contributed by atoms with Crippen LogP contribution in [0.4, 0.5) is 0 Å². The molecule has 0 unspecified atom stereocenters. The molecule has 0 amide bonds. The van der Waals surface area contributed by atoms with Gasteiger partial charge in [-0.1, -0.05) is 37.8 Å². The number of ether oxygens (including phenoxy) is 1. The Labute approximate surface area is 128 Å². The topological polar surface area (TPSA) is 26.3 Å². The molecule has 94 valence electrons. The minimum atomic E-state index is -0.578. The lowest BCUT2D eigenvalue weighted by atomic mass is 10.2. The quantitative estimate of drug-likeness (QED) is 0.422. The molecule has 0 N–H and O–H groups in total. The summed E-state index contributed by atoms with van der Waals surface area (Å²) in [7, 11) is 0. The Bertz CT molecular complexity index is 635. The zero-order chi connectivity index (χ0) is 13.7. The van der Waals surface area contributed by atoms with Gasteiger partial charge in [-0.3, -0.25) is 0 Å². The molecule has 0 bridgehead atoms. The van der Waals surface area contributed by atoms with Crippen LogP contribution in [0.25, 0.3) is 0 Å². The van der Waals surface area contributed by atoms with Crippen molar-refractivity contribution in [3.63, 3.8) is 0 Å². The number of rotatable bonds is 1. The van der Waals surface area contributed by atoms with Crippen LogP contribution in [0.5, 0.6) is 5.75 Å². The van der Waals surface area contributed by atoms with Crippen molar-refractivity contribution in [2.24, 2.45) is 0 Å². The molecule has 0 spiro atoms. The molecule has 0 aliphatic heterocycles. The Hall–Kier alpha value is -1.57. The Balaban J connectivity index is 2.02. The average Bonchev–Trinajstić information content (AvgIpc) is 2.41. The van der Waals surface area contributed by atoms with E-state index in [0.717, 1.165) is 14.5 Å². The smallest absolute Gasteiger partial charge is 0.390 e. The van der Waals surface area contributed by atoms with Gasteiger partial charge in [-0.05, 0) is 48.5 Å². The van der Waals surface area contributed by atoms with Crippen molar-refractivity contribution in [3.8, 4) is 17.6 Å². The average molecular weight is 380 g/mol. The number of hydrogen-bond acceptors (Lipinski definition) is 2. The summed E-state index contributed by atoms with van der Waals surface area (Å²) in [6.07, 6.45) is 0. The number of hydrogen-bond donors (Lipinski definition) is 0. The van der Waals surface area contributed by atoms with E-state index in [4.69, 9.17) is 4.74 Å². The van der Waals surface area contributed by atoms with E-state index in [1.54, 1.807) is 24.3 Å². The first kappa shape index (κ1) is 13.9. The minimum Gasteiger partial charge on any atom is -0.417 e. The molecule has 0 fully saturated rings. The van der Waals surface area contributed by atoms with Crippen molar-refractivity contribution in [2.45, 2.75) is 0 Å². The SMILES string of the molecule is O=C(C#Cc1ccc(Br)cc1)Oc1ccc(Br)cc1. The van der Waals surface area contributed by atoms with Gasteiger partial charge in [0.2, 0.25) is 0 Å². The highest BCUT2D eigenvalue weighted by Gasteiger charge is 2.00. The summed E-state index contributed by atoms with van der Waals surface area (Å²) < 4.78 is 6.96. The van der Waals surface area contributed by atoms with Gasteiger partial charge in [0.25, 0.3) is 0 Å².